The van der Waals surface area contributed by atoms with Gasteiger partial charge >= 0.3 is 5.69 Å². The molecule has 0 aliphatic rings. The monoisotopic (exact) mass is 269 g/mol. The van der Waals surface area contributed by atoms with Crippen LogP contribution in [0.15, 0.2) is 18.2 Å². The van der Waals surface area contributed by atoms with Gasteiger partial charge in [-0.3, -0.25) is 10.1 Å². The van der Waals surface area contributed by atoms with Gasteiger partial charge in [0.2, 0.25) is 0 Å². The van der Waals surface area contributed by atoms with E-state index in [0.717, 1.165) is 18.8 Å². The second-order valence-electron chi connectivity index (χ2n) is 3.81. The summed E-state index contributed by atoms with van der Waals surface area (Å²) in [4.78, 5) is 10.3. The van der Waals surface area contributed by atoms with Gasteiger partial charge in [-0.15, -0.1) is 0 Å². The first kappa shape index (κ1) is 15.2. The lowest BCUT2D eigenvalue weighted by molar-refractivity contribution is -0.385. The third-order valence-corrected chi connectivity index (χ3v) is 2.49. The van der Waals surface area contributed by atoms with E-state index in [1.54, 1.807) is 19.2 Å². The predicted molar refractivity (Wildman–Crippen MR) is 72.9 cm³/mol. The van der Waals surface area contributed by atoms with Gasteiger partial charge in [-0.2, -0.15) is 0 Å². The van der Waals surface area contributed by atoms with Crippen LogP contribution in [0.3, 0.4) is 0 Å². The Morgan fingerprint density at radius 2 is 2.05 bits per heavy atom. The minimum Gasteiger partial charge on any atom is -0.490 e. The molecule has 0 spiro atoms. The van der Waals surface area contributed by atoms with E-state index in [1.807, 2.05) is 0 Å². The maximum Gasteiger partial charge on any atom is 0.311 e. The molecule has 0 atom stereocenters. The van der Waals surface area contributed by atoms with Crippen molar-refractivity contribution < 1.29 is 14.4 Å². The molecule has 0 aromatic heterocycles. The van der Waals surface area contributed by atoms with Crippen LogP contribution in [0.25, 0.3) is 0 Å². The van der Waals surface area contributed by atoms with Crippen LogP contribution in [-0.4, -0.2) is 45.4 Å². The summed E-state index contributed by atoms with van der Waals surface area (Å²) in [7, 11) is 3.07. The lowest BCUT2D eigenvalue weighted by atomic mass is 10.2. The Labute approximate surface area is 112 Å². The Hall–Kier alpha value is -1.86. The lowest BCUT2D eigenvalue weighted by Crippen LogP contribution is -2.25. The van der Waals surface area contributed by atoms with E-state index in [2.05, 4.69) is 10.6 Å². The van der Waals surface area contributed by atoms with Crippen molar-refractivity contribution in [2.75, 3.05) is 45.8 Å². The van der Waals surface area contributed by atoms with Gasteiger partial charge in [0.15, 0.2) is 5.75 Å². The molecule has 0 aliphatic carbocycles. The third kappa shape index (κ3) is 5.11. The van der Waals surface area contributed by atoms with E-state index in [1.165, 1.54) is 13.2 Å². The number of nitrogens with zero attached hydrogens (tertiary/aromatic N) is 1. The summed E-state index contributed by atoms with van der Waals surface area (Å²) in [5.41, 5.74) is 0.752. The zero-order chi connectivity index (χ0) is 14.1. The normalized spacial score (nSPS) is 10.2. The summed E-state index contributed by atoms with van der Waals surface area (Å²) in [6, 6.07) is 4.71. The van der Waals surface area contributed by atoms with Crippen molar-refractivity contribution in [2.24, 2.45) is 0 Å². The molecule has 0 heterocycles. The van der Waals surface area contributed by atoms with Crippen LogP contribution in [-0.2, 0) is 4.74 Å². The Kier molecular flexibility index (Phi) is 6.62. The van der Waals surface area contributed by atoms with Crippen LogP contribution in [0, 0.1) is 10.1 Å². The number of nitrogens with one attached hydrogen (secondary N) is 2. The summed E-state index contributed by atoms with van der Waals surface area (Å²) in [5.74, 6) is 0.252. The van der Waals surface area contributed by atoms with E-state index in [9.17, 15) is 10.1 Å². The average molecular weight is 269 g/mol. The molecule has 106 valence electrons. The van der Waals surface area contributed by atoms with Crippen molar-refractivity contribution in [3.05, 3.63) is 28.3 Å². The number of ether oxygens (including phenoxy) is 2. The molecule has 0 fully saturated rings. The summed E-state index contributed by atoms with van der Waals surface area (Å²) in [6.45, 7) is 2.96. The van der Waals surface area contributed by atoms with Gasteiger partial charge in [-0.05, 0) is 6.07 Å². The third-order valence-electron chi connectivity index (χ3n) is 2.49. The van der Waals surface area contributed by atoms with E-state index in [0.29, 0.717) is 13.2 Å². The van der Waals surface area contributed by atoms with Crippen molar-refractivity contribution in [1.29, 1.82) is 0 Å². The Morgan fingerprint density at radius 1 is 1.26 bits per heavy atom. The molecular formula is C12H19N3O4. The molecule has 0 unspecified atom stereocenters. The number of rotatable bonds is 9. The molecule has 0 saturated carbocycles. The Bertz CT molecular complexity index is 412. The van der Waals surface area contributed by atoms with Crippen LogP contribution >= 0.6 is 0 Å². The zero-order valence-corrected chi connectivity index (χ0v) is 11.1. The van der Waals surface area contributed by atoms with Gasteiger partial charge in [0.1, 0.15) is 0 Å². The van der Waals surface area contributed by atoms with E-state index >= 15 is 0 Å². The van der Waals surface area contributed by atoms with Crippen molar-refractivity contribution in [2.45, 2.75) is 0 Å². The molecule has 0 saturated heterocycles. The lowest BCUT2D eigenvalue weighted by Gasteiger charge is -2.09. The van der Waals surface area contributed by atoms with Crippen LogP contribution < -0.4 is 15.4 Å². The van der Waals surface area contributed by atoms with Crippen LogP contribution in [0.5, 0.6) is 5.75 Å². The second-order valence-corrected chi connectivity index (χ2v) is 3.81. The van der Waals surface area contributed by atoms with Gasteiger partial charge in [-0.25, -0.2) is 0 Å². The molecule has 7 nitrogen and oxygen atoms in total. The summed E-state index contributed by atoms with van der Waals surface area (Å²) < 4.78 is 9.90. The summed E-state index contributed by atoms with van der Waals surface area (Å²) in [5, 5.41) is 17.1. The van der Waals surface area contributed by atoms with Crippen molar-refractivity contribution in [3.8, 4) is 5.75 Å². The molecule has 0 amide bonds. The maximum atomic E-state index is 10.7. The fourth-order valence-electron chi connectivity index (χ4n) is 1.53. The molecule has 1 rings (SSSR count). The molecule has 0 bridgehead atoms. The van der Waals surface area contributed by atoms with Gasteiger partial charge in [0, 0.05) is 44.6 Å². The van der Waals surface area contributed by atoms with Crippen molar-refractivity contribution in [3.63, 3.8) is 0 Å². The van der Waals surface area contributed by atoms with Crippen LogP contribution in [0.1, 0.15) is 0 Å². The number of benzene rings is 1. The molecular weight excluding hydrogens is 250 g/mol. The first-order valence-electron chi connectivity index (χ1n) is 5.95. The number of methoxy groups -OCH3 is 2. The summed E-state index contributed by atoms with van der Waals surface area (Å²) >= 11 is 0. The van der Waals surface area contributed by atoms with Gasteiger partial charge in [0.05, 0.1) is 18.6 Å². The number of hydrogen-bond acceptors (Lipinski definition) is 6. The van der Waals surface area contributed by atoms with Gasteiger partial charge in [-0.1, -0.05) is 0 Å². The highest BCUT2D eigenvalue weighted by molar-refractivity contribution is 5.57. The molecule has 0 aliphatic heterocycles. The minimum absolute atomic E-state index is 0.0359. The fourth-order valence-corrected chi connectivity index (χ4v) is 1.53. The molecule has 0 radical (unpaired) electrons. The zero-order valence-electron chi connectivity index (χ0n) is 11.1. The first-order chi connectivity index (χ1) is 9.19. The van der Waals surface area contributed by atoms with Crippen molar-refractivity contribution in [1.82, 2.24) is 5.32 Å². The summed E-state index contributed by atoms with van der Waals surface area (Å²) in [6.07, 6.45) is 0. The Balaban J connectivity index is 2.44. The van der Waals surface area contributed by atoms with Crippen molar-refractivity contribution >= 4 is 11.4 Å². The maximum absolute atomic E-state index is 10.7. The topological polar surface area (TPSA) is 85.7 Å². The number of anilines is 1. The first-order valence-corrected chi connectivity index (χ1v) is 5.95. The van der Waals surface area contributed by atoms with Gasteiger partial charge in [0.25, 0.3) is 0 Å². The van der Waals surface area contributed by atoms with Gasteiger partial charge < -0.3 is 20.1 Å². The van der Waals surface area contributed by atoms with E-state index < -0.39 is 4.92 Å². The fraction of sp³-hybridized carbons (Fsp3) is 0.500. The van der Waals surface area contributed by atoms with E-state index in [-0.39, 0.29) is 11.4 Å². The molecule has 1 aromatic carbocycles. The Morgan fingerprint density at radius 3 is 2.68 bits per heavy atom. The van der Waals surface area contributed by atoms with E-state index in [4.69, 9.17) is 9.47 Å². The molecule has 19 heavy (non-hydrogen) atoms. The standard InChI is InChI=1S/C12H19N3O4/c1-18-8-7-13-5-6-14-10-3-4-11(15(16)17)12(9-10)19-2/h3-4,9,13-14H,5-8H2,1-2H3. The van der Waals surface area contributed by atoms with Crippen LogP contribution in [0.2, 0.25) is 0 Å². The molecule has 7 heteroatoms. The largest absolute Gasteiger partial charge is 0.490 e. The second kappa shape index (κ2) is 8.28. The quantitative estimate of drug-likeness (QED) is 0.398. The molecule has 2 N–H and O–H groups in total. The number of hydrogen-bond donors (Lipinski definition) is 2. The number of nitro groups is 1. The average Bonchev–Trinajstić information content (AvgIpc) is 2.42. The number of nitro benzene ring substituents is 1. The predicted octanol–water partition coefficient (Wildman–Crippen LogP) is 1.25. The van der Waals surface area contributed by atoms with Crippen LogP contribution in [0.4, 0.5) is 11.4 Å². The molecule has 1 aromatic rings. The highest BCUT2D eigenvalue weighted by Gasteiger charge is 2.14. The SMILES string of the molecule is COCCNCCNc1ccc([N+](=O)[O-])c(OC)c1. The highest BCUT2D eigenvalue weighted by atomic mass is 16.6. The smallest absolute Gasteiger partial charge is 0.311 e. The minimum atomic E-state index is -0.463. The highest BCUT2D eigenvalue weighted by Crippen LogP contribution is 2.29.